The van der Waals surface area contributed by atoms with E-state index >= 15 is 0 Å². The largest absolute Gasteiger partial charge is 0.379 e. The number of hydrogen-bond acceptors (Lipinski definition) is 4. The molecule has 0 amide bonds. The fourth-order valence-corrected chi connectivity index (χ4v) is 2.78. The van der Waals surface area contributed by atoms with Gasteiger partial charge in [0.15, 0.2) is 0 Å². The minimum absolute atomic E-state index is 0.804. The van der Waals surface area contributed by atoms with Gasteiger partial charge in [-0.25, -0.2) is 4.98 Å². The van der Waals surface area contributed by atoms with E-state index < -0.39 is 0 Å². The summed E-state index contributed by atoms with van der Waals surface area (Å²) in [6, 6.07) is 8.48. The Balaban J connectivity index is 1.97. The fourth-order valence-electron chi connectivity index (χ4n) is 1.50. The first-order valence-electron chi connectivity index (χ1n) is 5.50. The minimum Gasteiger partial charge on any atom is -0.379 e. The Bertz CT molecular complexity index is 469. The molecule has 0 saturated carbocycles. The average Bonchev–Trinajstić information content (AvgIpc) is 2.67. The highest BCUT2D eigenvalue weighted by Gasteiger charge is 2.02. The Hall–Kier alpha value is -1.00. The number of anilines is 1. The van der Waals surface area contributed by atoms with Crippen molar-refractivity contribution in [1.82, 2.24) is 4.98 Å². The molecule has 90 valence electrons. The Morgan fingerprint density at radius 2 is 1.94 bits per heavy atom. The average molecular weight is 264 g/mol. The molecule has 1 N–H and O–H groups in total. The van der Waals surface area contributed by atoms with E-state index in [-0.39, 0.29) is 0 Å². The molecule has 1 aromatic heterocycles. The van der Waals surface area contributed by atoms with Gasteiger partial charge in [0.1, 0.15) is 5.01 Å². The van der Waals surface area contributed by atoms with Crippen LogP contribution >= 0.6 is 23.1 Å². The maximum atomic E-state index is 4.51. The summed E-state index contributed by atoms with van der Waals surface area (Å²) in [6.45, 7) is 4.98. The first kappa shape index (κ1) is 12.5. The molecule has 0 bridgehead atoms. The summed E-state index contributed by atoms with van der Waals surface area (Å²) >= 11 is 3.52. The molecule has 0 atom stereocenters. The lowest BCUT2D eigenvalue weighted by Crippen LogP contribution is -1.98. The first-order valence-corrected chi connectivity index (χ1v) is 7.54. The third kappa shape index (κ3) is 3.23. The summed E-state index contributed by atoms with van der Waals surface area (Å²) in [5.41, 5.74) is 2.29. The van der Waals surface area contributed by atoms with Crippen molar-refractivity contribution in [3.8, 4) is 0 Å². The third-order valence-corrected chi connectivity index (χ3v) is 4.42. The van der Waals surface area contributed by atoms with E-state index in [9.17, 15) is 0 Å². The Kier molecular flexibility index (Phi) is 4.07. The van der Waals surface area contributed by atoms with E-state index in [2.05, 4.69) is 54.7 Å². The fraction of sp³-hybridized carbons (Fsp3) is 0.308. The van der Waals surface area contributed by atoms with Crippen molar-refractivity contribution >= 4 is 28.8 Å². The number of aromatic nitrogens is 1. The second kappa shape index (κ2) is 5.56. The number of thiazole rings is 1. The van der Waals surface area contributed by atoms with Crippen molar-refractivity contribution in [3.63, 3.8) is 0 Å². The van der Waals surface area contributed by atoms with Crippen LogP contribution in [-0.2, 0) is 6.54 Å². The molecular weight excluding hydrogens is 248 g/mol. The zero-order chi connectivity index (χ0) is 12.3. The van der Waals surface area contributed by atoms with Gasteiger partial charge in [-0.3, -0.25) is 0 Å². The van der Waals surface area contributed by atoms with E-state index in [0.717, 1.165) is 22.9 Å². The summed E-state index contributed by atoms with van der Waals surface area (Å²) in [5, 5.41) is 4.54. The van der Waals surface area contributed by atoms with E-state index in [4.69, 9.17) is 0 Å². The van der Waals surface area contributed by atoms with Crippen LogP contribution in [0.4, 0.5) is 5.69 Å². The Labute approximate surface area is 110 Å². The first-order chi connectivity index (χ1) is 8.19. The second-order valence-electron chi connectivity index (χ2n) is 3.83. The molecular formula is C13H16N2S2. The molecule has 0 fully saturated rings. The van der Waals surface area contributed by atoms with Crippen LogP contribution in [0, 0.1) is 13.8 Å². The lowest BCUT2D eigenvalue weighted by atomic mass is 10.3. The topological polar surface area (TPSA) is 24.9 Å². The smallest absolute Gasteiger partial charge is 0.112 e. The number of benzene rings is 1. The summed E-state index contributed by atoms with van der Waals surface area (Å²) < 4.78 is 0. The maximum Gasteiger partial charge on any atom is 0.112 e. The van der Waals surface area contributed by atoms with Gasteiger partial charge in [-0.05, 0) is 44.4 Å². The van der Waals surface area contributed by atoms with Gasteiger partial charge >= 0.3 is 0 Å². The third-order valence-electron chi connectivity index (χ3n) is 2.61. The molecule has 17 heavy (non-hydrogen) atoms. The molecule has 0 spiro atoms. The van der Waals surface area contributed by atoms with Gasteiger partial charge in [0, 0.05) is 15.5 Å². The van der Waals surface area contributed by atoms with Gasteiger partial charge in [0.2, 0.25) is 0 Å². The summed E-state index contributed by atoms with van der Waals surface area (Å²) in [7, 11) is 0. The van der Waals surface area contributed by atoms with Crippen molar-refractivity contribution in [2.75, 3.05) is 11.6 Å². The molecule has 0 radical (unpaired) electrons. The second-order valence-corrected chi connectivity index (χ2v) is 6.00. The van der Waals surface area contributed by atoms with Crippen molar-refractivity contribution in [1.29, 1.82) is 0 Å². The molecule has 2 aromatic rings. The summed E-state index contributed by atoms with van der Waals surface area (Å²) in [4.78, 5) is 7.10. The monoisotopic (exact) mass is 264 g/mol. The van der Waals surface area contributed by atoms with Crippen molar-refractivity contribution in [3.05, 3.63) is 39.8 Å². The van der Waals surface area contributed by atoms with Crippen LogP contribution in [0.25, 0.3) is 0 Å². The van der Waals surface area contributed by atoms with Crippen LogP contribution in [0.3, 0.4) is 0 Å². The molecule has 0 saturated heterocycles. The van der Waals surface area contributed by atoms with E-state index in [1.807, 2.05) is 0 Å². The van der Waals surface area contributed by atoms with Crippen LogP contribution in [0.1, 0.15) is 15.6 Å². The number of hydrogen-bond donors (Lipinski definition) is 1. The Morgan fingerprint density at radius 3 is 2.47 bits per heavy atom. The van der Waals surface area contributed by atoms with Crippen LogP contribution in [0.2, 0.25) is 0 Å². The molecule has 0 aliphatic rings. The molecule has 2 rings (SSSR count). The minimum atomic E-state index is 0.804. The van der Waals surface area contributed by atoms with Gasteiger partial charge in [0.25, 0.3) is 0 Å². The highest BCUT2D eigenvalue weighted by Crippen LogP contribution is 2.20. The number of nitrogens with one attached hydrogen (secondary N) is 1. The lowest BCUT2D eigenvalue weighted by molar-refractivity contribution is 1.07. The summed E-state index contributed by atoms with van der Waals surface area (Å²) in [6.07, 6.45) is 2.09. The van der Waals surface area contributed by atoms with Crippen LogP contribution in [0.5, 0.6) is 0 Å². The SMILES string of the molecule is CSc1ccc(NCc2nc(C)c(C)s2)cc1. The maximum absolute atomic E-state index is 4.51. The van der Waals surface area contributed by atoms with Crippen LogP contribution in [-0.4, -0.2) is 11.2 Å². The lowest BCUT2D eigenvalue weighted by Gasteiger charge is -2.04. The van der Waals surface area contributed by atoms with E-state index in [0.29, 0.717) is 0 Å². The highest BCUT2D eigenvalue weighted by atomic mass is 32.2. The van der Waals surface area contributed by atoms with Crippen molar-refractivity contribution < 1.29 is 0 Å². The van der Waals surface area contributed by atoms with Gasteiger partial charge in [-0.1, -0.05) is 0 Å². The standard InChI is InChI=1S/C13H16N2S2/c1-9-10(2)17-13(15-9)8-14-11-4-6-12(16-3)7-5-11/h4-7,14H,8H2,1-3H3. The zero-order valence-corrected chi connectivity index (χ0v) is 11.9. The van der Waals surface area contributed by atoms with E-state index in [1.54, 1.807) is 23.1 Å². The van der Waals surface area contributed by atoms with Crippen molar-refractivity contribution in [2.45, 2.75) is 25.3 Å². The molecule has 0 unspecified atom stereocenters. The molecule has 1 aromatic carbocycles. The van der Waals surface area contributed by atoms with Crippen molar-refractivity contribution in [2.24, 2.45) is 0 Å². The number of nitrogens with zero attached hydrogens (tertiary/aromatic N) is 1. The van der Waals surface area contributed by atoms with Gasteiger partial charge in [-0.15, -0.1) is 23.1 Å². The highest BCUT2D eigenvalue weighted by molar-refractivity contribution is 7.98. The number of rotatable bonds is 4. The van der Waals surface area contributed by atoms with Crippen LogP contribution in [0.15, 0.2) is 29.2 Å². The summed E-state index contributed by atoms with van der Waals surface area (Å²) in [5.74, 6) is 0. The predicted molar refractivity (Wildman–Crippen MR) is 77.1 cm³/mol. The molecule has 4 heteroatoms. The number of thioether (sulfide) groups is 1. The van der Waals surface area contributed by atoms with Gasteiger partial charge in [0.05, 0.1) is 12.2 Å². The van der Waals surface area contributed by atoms with Crippen LogP contribution < -0.4 is 5.32 Å². The quantitative estimate of drug-likeness (QED) is 0.842. The molecule has 1 heterocycles. The molecule has 2 nitrogen and oxygen atoms in total. The molecule has 0 aliphatic heterocycles. The molecule has 0 aliphatic carbocycles. The zero-order valence-electron chi connectivity index (χ0n) is 10.3. The normalized spacial score (nSPS) is 10.5. The van der Waals surface area contributed by atoms with E-state index in [1.165, 1.54) is 9.77 Å². The predicted octanol–water partition coefficient (Wildman–Crippen LogP) is 4.09. The van der Waals surface area contributed by atoms with Gasteiger partial charge < -0.3 is 5.32 Å². The van der Waals surface area contributed by atoms with Gasteiger partial charge in [-0.2, -0.15) is 0 Å². The number of aryl methyl sites for hydroxylation is 2. The Morgan fingerprint density at radius 1 is 1.24 bits per heavy atom.